The van der Waals surface area contributed by atoms with Gasteiger partial charge in [-0.05, 0) is 31.9 Å². The van der Waals surface area contributed by atoms with E-state index in [0.717, 1.165) is 34.3 Å². The van der Waals surface area contributed by atoms with Gasteiger partial charge in [-0.25, -0.2) is 13.9 Å². The van der Waals surface area contributed by atoms with Gasteiger partial charge in [-0.1, -0.05) is 24.3 Å². The molecule has 0 radical (unpaired) electrons. The predicted octanol–water partition coefficient (Wildman–Crippen LogP) is 1.95. The highest BCUT2D eigenvalue weighted by atomic mass is 32.2. The van der Waals surface area contributed by atoms with Crippen LogP contribution in [0.1, 0.15) is 19.0 Å². The Hall–Kier alpha value is -2.98. The third-order valence-corrected chi connectivity index (χ3v) is 7.10. The van der Waals surface area contributed by atoms with Crippen molar-refractivity contribution in [2.45, 2.75) is 31.6 Å². The molecule has 2 aromatic heterocycles. The number of aryl methyl sites for hydroxylation is 2. The van der Waals surface area contributed by atoms with Crippen LogP contribution in [0.2, 0.25) is 0 Å². The van der Waals surface area contributed by atoms with Gasteiger partial charge in [0.15, 0.2) is 14.6 Å². The molecule has 1 unspecified atom stereocenters. The average molecular weight is 417 g/mol. The van der Waals surface area contributed by atoms with Gasteiger partial charge in [0, 0.05) is 35.8 Å². The van der Waals surface area contributed by atoms with Crippen LogP contribution in [-0.4, -0.2) is 50.5 Å². The summed E-state index contributed by atoms with van der Waals surface area (Å²) in [6.45, 7) is 3.42. The van der Waals surface area contributed by atoms with E-state index in [-0.39, 0.29) is 13.0 Å². The molecule has 0 saturated carbocycles. The van der Waals surface area contributed by atoms with Gasteiger partial charge in [0.2, 0.25) is 0 Å². The lowest BCUT2D eigenvalue weighted by Crippen LogP contribution is -2.49. The number of carbonyl (C=O) groups excluding carboxylic acids is 1. The maximum Gasteiger partial charge on any atom is 0.264 e. The maximum absolute atomic E-state index is 12.0. The minimum absolute atomic E-state index is 0.0310. The minimum Gasteiger partial charge on any atom is -0.289 e. The fraction of sp³-hybridized carbons (Fsp3) is 0.316. The number of rotatable bonds is 7. The molecule has 0 aliphatic heterocycles. The monoisotopic (exact) mass is 417 g/mol. The molecule has 0 spiro atoms. The van der Waals surface area contributed by atoms with E-state index in [0.29, 0.717) is 0 Å². The second-order valence-corrected chi connectivity index (χ2v) is 9.64. The van der Waals surface area contributed by atoms with Gasteiger partial charge in [-0.15, -0.1) is 0 Å². The Morgan fingerprint density at radius 1 is 1.24 bits per heavy atom. The van der Waals surface area contributed by atoms with Gasteiger partial charge < -0.3 is 0 Å². The molecule has 3 aromatic rings. The van der Waals surface area contributed by atoms with Gasteiger partial charge >= 0.3 is 0 Å². The number of H-pyrrole nitrogens is 1. The lowest BCUT2D eigenvalue weighted by molar-refractivity contribution is -0.131. The molecule has 154 valence electrons. The van der Waals surface area contributed by atoms with E-state index in [1.54, 1.807) is 17.1 Å². The molecule has 10 heteroatoms. The van der Waals surface area contributed by atoms with Gasteiger partial charge in [-0.3, -0.25) is 19.8 Å². The quantitative estimate of drug-likeness (QED) is 0.398. The summed E-state index contributed by atoms with van der Waals surface area (Å²) < 4.78 is 23.9. The number of amides is 1. The van der Waals surface area contributed by atoms with E-state index in [9.17, 15) is 13.2 Å². The highest BCUT2D eigenvalue weighted by molar-refractivity contribution is 7.92. The molecule has 1 amide bonds. The van der Waals surface area contributed by atoms with Crippen molar-refractivity contribution >= 4 is 15.7 Å². The standard InChI is InChI=1S/C19H23N5O4S/c1-13-10-17(22-21-13)15-6-4-14(5-7-15)16-11-20-24(12-16)9-8-19(2,18(25)23-26)29(3,27)28/h4-7,10-12,26H,8-9H2,1-3H3,(H,21,22)(H,23,25). The SMILES string of the molecule is Cc1cc(-c2ccc(-c3cnn(CCC(C)(C(=O)NO)S(C)(=O)=O)c3)cc2)n[nH]1. The Morgan fingerprint density at radius 2 is 1.90 bits per heavy atom. The maximum atomic E-state index is 12.0. The lowest BCUT2D eigenvalue weighted by Gasteiger charge is -2.24. The topological polar surface area (TPSA) is 130 Å². The molecule has 9 nitrogen and oxygen atoms in total. The van der Waals surface area contributed by atoms with E-state index < -0.39 is 20.5 Å². The van der Waals surface area contributed by atoms with E-state index in [2.05, 4.69) is 15.3 Å². The number of aromatic nitrogens is 4. The number of carbonyl (C=O) groups is 1. The first kappa shape index (κ1) is 20.7. The summed E-state index contributed by atoms with van der Waals surface area (Å²) >= 11 is 0. The Labute approximate surface area is 168 Å². The summed E-state index contributed by atoms with van der Waals surface area (Å²) in [5, 5.41) is 20.3. The number of hydrogen-bond acceptors (Lipinski definition) is 6. The van der Waals surface area contributed by atoms with Crippen molar-refractivity contribution in [3.63, 3.8) is 0 Å². The number of sulfone groups is 1. The zero-order valence-corrected chi connectivity index (χ0v) is 17.2. The first-order valence-corrected chi connectivity index (χ1v) is 10.8. The Balaban J connectivity index is 1.74. The summed E-state index contributed by atoms with van der Waals surface area (Å²) in [6, 6.07) is 9.82. The van der Waals surface area contributed by atoms with Crippen molar-refractivity contribution in [1.82, 2.24) is 25.5 Å². The molecule has 3 N–H and O–H groups in total. The fourth-order valence-corrected chi connectivity index (χ4v) is 3.79. The molecule has 0 aliphatic rings. The average Bonchev–Trinajstić information content (AvgIpc) is 3.34. The van der Waals surface area contributed by atoms with Crippen LogP contribution in [0, 0.1) is 6.92 Å². The fourth-order valence-electron chi connectivity index (χ4n) is 2.95. The molecule has 1 aromatic carbocycles. The van der Waals surface area contributed by atoms with Crippen LogP contribution in [0.4, 0.5) is 0 Å². The predicted molar refractivity (Wildman–Crippen MR) is 108 cm³/mol. The number of aromatic amines is 1. The van der Waals surface area contributed by atoms with Crippen LogP contribution in [-0.2, 0) is 21.2 Å². The van der Waals surface area contributed by atoms with Crippen molar-refractivity contribution < 1.29 is 18.4 Å². The molecule has 0 saturated heterocycles. The van der Waals surface area contributed by atoms with Crippen molar-refractivity contribution in [3.05, 3.63) is 48.4 Å². The van der Waals surface area contributed by atoms with E-state index in [1.807, 2.05) is 37.3 Å². The molecule has 0 fully saturated rings. The molecule has 3 rings (SSSR count). The first-order chi connectivity index (χ1) is 13.6. The van der Waals surface area contributed by atoms with Crippen LogP contribution in [0.25, 0.3) is 22.4 Å². The molecule has 0 bridgehead atoms. The van der Waals surface area contributed by atoms with Gasteiger partial charge in [0.25, 0.3) is 5.91 Å². The highest BCUT2D eigenvalue weighted by Crippen LogP contribution is 2.25. The van der Waals surface area contributed by atoms with Crippen molar-refractivity contribution in [2.75, 3.05) is 6.26 Å². The summed E-state index contributed by atoms with van der Waals surface area (Å²) in [5.41, 5.74) is 6.10. The lowest BCUT2D eigenvalue weighted by atomic mass is 10.1. The third kappa shape index (κ3) is 4.22. The minimum atomic E-state index is -3.74. The van der Waals surface area contributed by atoms with E-state index in [1.165, 1.54) is 12.4 Å². The Morgan fingerprint density at radius 3 is 2.45 bits per heavy atom. The summed E-state index contributed by atoms with van der Waals surface area (Å²) in [5.74, 6) is -0.962. The second kappa shape index (κ2) is 7.80. The summed E-state index contributed by atoms with van der Waals surface area (Å²) in [7, 11) is -3.74. The van der Waals surface area contributed by atoms with Gasteiger partial charge in [-0.2, -0.15) is 10.2 Å². The van der Waals surface area contributed by atoms with Crippen LogP contribution in [0.15, 0.2) is 42.7 Å². The number of hydroxylamine groups is 1. The summed E-state index contributed by atoms with van der Waals surface area (Å²) in [6.07, 6.45) is 4.40. The van der Waals surface area contributed by atoms with Crippen molar-refractivity contribution in [1.29, 1.82) is 0 Å². The van der Waals surface area contributed by atoms with Crippen LogP contribution >= 0.6 is 0 Å². The smallest absolute Gasteiger partial charge is 0.264 e. The second-order valence-electron chi connectivity index (χ2n) is 7.20. The molecule has 2 heterocycles. The molecular formula is C19H23N5O4S. The van der Waals surface area contributed by atoms with Gasteiger partial charge in [0.1, 0.15) is 0 Å². The molecular weight excluding hydrogens is 394 g/mol. The number of hydrogen-bond donors (Lipinski definition) is 3. The number of nitrogens with one attached hydrogen (secondary N) is 2. The molecule has 29 heavy (non-hydrogen) atoms. The molecule has 1 atom stereocenters. The molecule has 0 aliphatic carbocycles. The first-order valence-electron chi connectivity index (χ1n) is 8.93. The summed E-state index contributed by atoms with van der Waals surface area (Å²) in [4.78, 5) is 11.9. The number of benzene rings is 1. The Bertz CT molecular complexity index is 1120. The van der Waals surface area contributed by atoms with E-state index >= 15 is 0 Å². The van der Waals surface area contributed by atoms with E-state index in [4.69, 9.17) is 5.21 Å². The third-order valence-electron chi connectivity index (χ3n) is 5.07. The van der Waals surface area contributed by atoms with Crippen molar-refractivity contribution in [2.24, 2.45) is 0 Å². The Kier molecular flexibility index (Phi) is 5.58. The normalized spacial score (nSPS) is 13.8. The largest absolute Gasteiger partial charge is 0.289 e. The zero-order valence-electron chi connectivity index (χ0n) is 16.4. The van der Waals surface area contributed by atoms with Crippen molar-refractivity contribution in [3.8, 4) is 22.4 Å². The number of nitrogens with zero attached hydrogens (tertiary/aromatic N) is 3. The highest BCUT2D eigenvalue weighted by Gasteiger charge is 2.43. The van der Waals surface area contributed by atoms with Gasteiger partial charge in [0.05, 0.1) is 11.9 Å². The van der Waals surface area contributed by atoms with Crippen LogP contribution in [0.5, 0.6) is 0 Å². The van der Waals surface area contributed by atoms with Crippen LogP contribution < -0.4 is 5.48 Å². The zero-order chi connectivity index (χ0) is 21.2. The van der Waals surface area contributed by atoms with Crippen LogP contribution in [0.3, 0.4) is 0 Å².